The van der Waals surface area contributed by atoms with Gasteiger partial charge in [-0.1, -0.05) is 32.9 Å². The summed E-state index contributed by atoms with van der Waals surface area (Å²) in [5.41, 5.74) is 8.94. The van der Waals surface area contributed by atoms with E-state index >= 15 is 0 Å². The molecule has 1 unspecified atom stereocenters. The van der Waals surface area contributed by atoms with Crippen molar-refractivity contribution in [2.45, 2.75) is 52.1 Å². The zero-order chi connectivity index (χ0) is 19.1. The summed E-state index contributed by atoms with van der Waals surface area (Å²) in [5, 5.41) is 17.0. The molecule has 1 atom stereocenters. The van der Waals surface area contributed by atoms with E-state index in [1.807, 2.05) is 38.1 Å². The Kier molecular flexibility index (Phi) is 4.41. The number of nitrogens with zero attached hydrogens (tertiary/aromatic N) is 2. The van der Waals surface area contributed by atoms with Gasteiger partial charge in [0, 0.05) is 11.1 Å². The number of nitrogens with one attached hydrogen (secondary N) is 1. The quantitative estimate of drug-likeness (QED) is 0.877. The van der Waals surface area contributed by atoms with E-state index in [2.05, 4.69) is 37.0 Å². The second-order valence-electron chi connectivity index (χ2n) is 7.73. The third-order valence-corrected chi connectivity index (χ3v) is 4.27. The number of fused-ring (bicyclic) bond motifs is 1. The fourth-order valence-electron chi connectivity index (χ4n) is 3.16. The van der Waals surface area contributed by atoms with Crippen LogP contribution >= 0.6 is 0 Å². The summed E-state index contributed by atoms with van der Waals surface area (Å²) >= 11 is 0. The van der Waals surface area contributed by atoms with Gasteiger partial charge >= 0.3 is 0 Å². The second-order valence-corrected chi connectivity index (χ2v) is 7.73. The van der Waals surface area contributed by atoms with Crippen molar-refractivity contribution < 1.29 is 9.47 Å². The first kappa shape index (κ1) is 17.9. The molecule has 1 aromatic heterocycles. The standard InChI is InChI=1S/C20H24N4O2/c1-11(2)25-13-8-6-12(7-9-13)15-14(10-21)18(22)26-19-16(15)17(23-24-19)20(3,4)5/h6-9,11,15H,22H2,1-5H3,(H,23,24). The van der Waals surface area contributed by atoms with E-state index in [0.717, 1.165) is 22.6 Å². The zero-order valence-electron chi connectivity index (χ0n) is 15.8. The molecular formula is C20H24N4O2. The van der Waals surface area contributed by atoms with Crippen molar-refractivity contribution in [3.63, 3.8) is 0 Å². The van der Waals surface area contributed by atoms with Crippen molar-refractivity contribution >= 4 is 0 Å². The van der Waals surface area contributed by atoms with Gasteiger partial charge < -0.3 is 15.2 Å². The number of aromatic nitrogens is 2. The highest BCUT2D eigenvalue weighted by molar-refractivity contribution is 5.56. The number of hydrogen-bond acceptors (Lipinski definition) is 5. The van der Waals surface area contributed by atoms with Crippen LogP contribution in [0.2, 0.25) is 0 Å². The van der Waals surface area contributed by atoms with E-state index in [1.54, 1.807) is 0 Å². The number of rotatable bonds is 3. The van der Waals surface area contributed by atoms with Gasteiger partial charge in [-0.2, -0.15) is 5.26 Å². The van der Waals surface area contributed by atoms with Crippen molar-refractivity contribution in [1.29, 1.82) is 5.26 Å². The van der Waals surface area contributed by atoms with Gasteiger partial charge in [-0.05, 0) is 31.5 Å². The fraction of sp³-hybridized carbons (Fsp3) is 0.400. The van der Waals surface area contributed by atoms with Crippen molar-refractivity contribution in [2.75, 3.05) is 0 Å². The molecule has 136 valence electrons. The molecule has 1 aromatic carbocycles. The minimum absolute atomic E-state index is 0.0967. The van der Waals surface area contributed by atoms with Crippen LogP contribution in [0.3, 0.4) is 0 Å². The first-order chi connectivity index (χ1) is 12.2. The summed E-state index contributed by atoms with van der Waals surface area (Å²) in [6.07, 6.45) is 0.0992. The Hall–Kier alpha value is -2.94. The minimum Gasteiger partial charge on any atom is -0.491 e. The zero-order valence-corrected chi connectivity index (χ0v) is 15.8. The van der Waals surface area contributed by atoms with Gasteiger partial charge in [0.15, 0.2) is 0 Å². The molecule has 3 rings (SSSR count). The molecular weight excluding hydrogens is 328 g/mol. The smallest absolute Gasteiger partial charge is 0.244 e. The fourth-order valence-corrected chi connectivity index (χ4v) is 3.16. The summed E-state index contributed by atoms with van der Waals surface area (Å²) in [6, 6.07) is 9.95. The first-order valence-corrected chi connectivity index (χ1v) is 8.65. The van der Waals surface area contributed by atoms with E-state index in [1.165, 1.54) is 0 Å². The van der Waals surface area contributed by atoms with Crippen LogP contribution in [-0.4, -0.2) is 16.3 Å². The normalized spacial score (nSPS) is 16.9. The Morgan fingerprint density at radius 3 is 2.46 bits per heavy atom. The lowest BCUT2D eigenvalue weighted by Crippen LogP contribution is -2.23. The SMILES string of the molecule is CC(C)Oc1ccc(C2C(C#N)=C(N)Oc3n[nH]c(C(C)(C)C)c32)cc1. The highest BCUT2D eigenvalue weighted by atomic mass is 16.5. The molecule has 2 heterocycles. The maximum absolute atomic E-state index is 9.70. The maximum Gasteiger partial charge on any atom is 0.244 e. The van der Waals surface area contributed by atoms with E-state index in [4.69, 9.17) is 15.2 Å². The van der Waals surface area contributed by atoms with Crippen LogP contribution in [0.5, 0.6) is 11.6 Å². The van der Waals surface area contributed by atoms with Crippen LogP contribution in [-0.2, 0) is 5.41 Å². The number of benzene rings is 1. The van der Waals surface area contributed by atoms with Gasteiger partial charge in [-0.25, -0.2) is 0 Å². The lowest BCUT2D eigenvalue weighted by Gasteiger charge is -2.27. The van der Waals surface area contributed by atoms with Crippen molar-refractivity contribution in [3.8, 4) is 17.7 Å². The predicted molar refractivity (Wildman–Crippen MR) is 98.8 cm³/mol. The number of nitriles is 1. The van der Waals surface area contributed by atoms with Gasteiger partial charge in [0.05, 0.1) is 17.6 Å². The average molecular weight is 352 g/mol. The molecule has 6 heteroatoms. The third kappa shape index (κ3) is 3.13. The van der Waals surface area contributed by atoms with Gasteiger partial charge in [0.2, 0.25) is 11.8 Å². The van der Waals surface area contributed by atoms with Crippen molar-refractivity contribution in [1.82, 2.24) is 10.2 Å². The van der Waals surface area contributed by atoms with Crippen molar-refractivity contribution in [3.05, 3.63) is 52.5 Å². The molecule has 1 aliphatic rings. The summed E-state index contributed by atoms with van der Waals surface area (Å²) in [6.45, 7) is 10.2. The lowest BCUT2D eigenvalue weighted by molar-refractivity contribution is 0.242. The lowest BCUT2D eigenvalue weighted by atomic mass is 9.79. The Balaban J connectivity index is 2.13. The number of allylic oxidation sites excluding steroid dienone is 1. The Bertz CT molecular complexity index is 880. The number of H-pyrrole nitrogens is 1. The van der Waals surface area contributed by atoms with E-state index in [-0.39, 0.29) is 23.3 Å². The van der Waals surface area contributed by atoms with E-state index in [9.17, 15) is 5.26 Å². The Morgan fingerprint density at radius 2 is 1.92 bits per heavy atom. The highest BCUT2D eigenvalue weighted by Gasteiger charge is 2.37. The first-order valence-electron chi connectivity index (χ1n) is 8.65. The molecule has 0 bridgehead atoms. The summed E-state index contributed by atoms with van der Waals surface area (Å²) < 4.78 is 11.3. The number of aromatic amines is 1. The minimum atomic E-state index is -0.329. The van der Waals surface area contributed by atoms with E-state index in [0.29, 0.717) is 11.5 Å². The van der Waals surface area contributed by atoms with Crippen LogP contribution in [0, 0.1) is 11.3 Å². The maximum atomic E-state index is 9.70. The molecule has 0 amide bonds. The molecule has 0 aliphatic carbocycles. The Morgan fingerprint density at radius 1 is 1.27 bits per heavy atom. The van der Waals surface area contributed by atoms with Crippen LogP contribution in [0.4, 0.5) is 0 Å². The monoisotopic (exact) mass is 352 g/mol. The molecule has 3 N–H and O–H groups in total. The van der Waals surface area contributed by atoms with Crippen LogP contribution in [0.15, 0.2) is 35.7 Å². The molecule has 6 nitrogen and oxygen atoms in total. The molecule has 0 radical (unpaired) electrons. The molecule has 0 fully saturated rings. The Labute approximate surface area is 153 Å². The number of ether oxygens (including phenoxy) is 2. The molecule has 0 saturated carbocycles. The second kappa shape index (κ2) is 6.41. The molecule has 1 aliphatic heterocycles. The van der Waals surface area contributed by atoms with Gasteiger partial charge in [0.1, 0.15) is 17.4 Å². The molecule has 0 spiro atoms. The van der Waals surface area contributed by atoms with E-state index < -0.39 is 0 Å². The molecule has 26 heavy (non-hydrogen) atoms. The average Bonchev–Trinajstić information content (AvgIpc) is 2.97. The van der Waals surface area contributed by atoms with Crippen molar-refractivity contribution in [2.24, 2.45) is 5.73 Å². The third-order valence-electron chi connectivity index (χ3n) is 4.27. The van der Waals surface area contributed by atoms with Crippen LogP contribution in [0.1, 0.15) is 57.4 Å². The predicted octanol–water partition coefficient (Wildman–Crippen LogP) is 3.71. The molecule has 2 aromatic rings. The van der Waals surface area contributed by atoms with Gasteiger partial charge in [0.25, 0.3) is 0 Å². The number of nitrogens with two attached hydrogens (primary N) is 1. The summed E-state index contributed by atoms with van der Waals surface area (Å²) in [5.74, 6) is 0.984. The molecule has 0 saturated heterocycles. The summed E-state index contributed by atoms with van der Waals surface area (Å²) in [4.78, 5) is 0. The topological polar surface area (TPSA) is 96.9 Å². The van der Waals surface area contributed by atoms with Gasteiger partial charge in [-0.3, -0.25) is 5.10 Å². The van der Waals surface area contributed by atoms with Crippen LogP contribution < -0.4 is 15.2 Å². The highest BCUT2D eigenvalue weighted by Crippen LogP contribution is 2.45. The van der Waals surface area contributed by atoms with Crippen LogP contribution in [0.25, 0.3) is 0 Å². The van der Waals surface area contributed by atoms with Gasteiger partial charge in [-0.15, -0.1) is 5.10 Å². The summed E-state index contributed by atoms with van der Waals surface area (Å²) in [7, 11) is 0. The largest absolute Gasteiger partial charge is 0.491 e. The number of hydrogen-bond donors (Lipinski definition) is 2.